The van der Waals surface area contributed by atoms with Gasteiger partial charge in [-0.25, -0.2) is 0 Å². The van der Waals surface area contributed by atoms with Crippen molar-refractivity contribution in [1.82, 2.24) is 20.9 Å². The van der Waals surface area contributed by atoms with E-state index in [1.54, 1.807) is 7.05 Å². The number of aryl methyl sites for hydroxylation is 2. The van der Waals surface area contributed by atoms with Crippen LogP contribution in [-0.4, -0.2) is 29.9 Å². The highest BCUT2D eigenvalue weighted by molar-refractivity contribution is 5.79. The van der Waals surface area contributed by atoms with Gasteiger partial charge in [0.15, 0.2) is 11.7 Å². The molecule has 26 heavy (non-hydrogen) atoms. The summed E-state index contributed by atoms with van der Waals surface area (Å²) in [5.41, 5.74) is 3.21. The normalized spacial score (nSPS) is 12.0. The van der Waals surface area contributed by atoms with E-state index < -0.39 is 0 Å². The highest BCUT2D eigenvalue weighted by Crippen LogP contribution is 2.22. The molecule has 7 heteroatoms. The molecule has 0 aliphatic heterocycles. The Labute approximate surface area is 155 Å². The number of rotatable bonds is 9. The van der Waals surface area contributed by atoms with Gasteiger partial charge in [0.2, 0.25) is 0 Å². The molecule has 0 fully saturated rings. The van der Waals surface area contributed by atoms with Gasteiger partial charge in [-0.3, -0.25) is 4.99 Å². The van der Waals surface area contributed by atoms with Gasteiger partial charge in [-0.15, -0.1) is 0 Å². The summed E-state index contributed by atoms with van der Waals surface area (Å²) in [6.07, 6.45) is 4.06. The van der Waals surface area contributed by atoms with Gasteiger partial charge in [-0.2, -0.15) is 0 Å². The molecule has 0 saturated heterocycles. The Bertz CT molecular complexity index is 681. The molecule has 0 spiro atoms. The van der Waals surface area contributed by atoms with Crippen LogP contribution in [0.5, 0.6) is 0 Å². The predicted molar refractivity (Wildman–Crippen MR) is 102 cm³/mol. The van der Waals surface area contributed by atoms with Crippen molar-refractivity contribution in [2.75, 3.05) is 13.6 Å². The van der Waals surface area contributed by atoms with Crippen molar-refractivity contribution in [1.29, 1.82) is 0 Å². The van der Waals surface area contributed by atoms with E-state index in [0.717, 1.165) is 61.1 Å². The third kappa shape index (κ3) is 5.34. The zero-order valence-corrected chi connectivity index (χ0v) is 16.6. The average Bonchev–Trinajstić information content (AvgIpc) is 3.23. The van der Waals surface area contributed by atoms with E-state index in [1.165, 1.54) is 5.56 Å². The Kier molecular flexibility index (Phi) is 7.69. The van der Waals surface area contributed by atoms with Crippen LogP contribution in [-0.2, 0) is 13.0 Å². The first-order valence-corrected chi connectivity index (χ1v) is 9.40. The van der Waals surface area contributed by atoms with Crippen LogP contribution in [0.3, 0.4) is 0 Å². The summed E-state index contributed by atoms with van der Waals surface area (Å²) in [6, 6.07) is 2.04. The molecule has 2 aromatic rings. The molecule has 0 aliphatic carbocycles. The number of nitrogens with one attached hydrogen (secondary N) is 2. The van der Waals surface area contributed by atoms with E-state index in [1.807, 2.05) is 19.9 Å². The monoisotopic (exact) mass is 361 g/mol. The van der Waals surface area contributed by atoms with Crippen LogP contribution in [0.4, 0.5) is 0 Å². The Morgan fingerprint density at radius 2 is 1.92 bits per heavy atom. The summed E-state index contributed by atoms with van der Waals surface area (Å²) < 4.78 is 10.6. The first-order valence-electron chi connectivity index (χ1n) is 9.40. The Morgan fingerprint density at radius 3 is 2.54 bits per heavy atom. The molecule has 0 saturated carbocycles. The minimum absolute atomic E-state index is 0.467. The second-order valence-corrected chi connectivity index (χ2v) is 6.49. The second kappa shape index (κ2) is 9.99. The SMILES string of the molecule is CCC(CC)c1cc(CNC(=NC)NCCCc2c(C)noc2C)on1. The van der Waals surface area contributed by atoms with Gasteiger partial charge in [0.1, 0.15) is 5.76 Å². The summed E-state index contributed by atoms with van der Waals surface area (Å²) in [4.78, 5) is 4.25. The van der Waals surface area contributed by atoms with Crippen molar-refractivity contribution < 1.29 is 9.05 Å². The molecule has 0 amide bonds. The molecule has 7 nitrogen and oxygen atoms in total. The lowest BCUT2D eigenvalue weighted by atomic mass is 9.99. The number of hydrogen-bond donors (Lipinski definition) is 2. The van der Waals surface area contributed by atoms with Crippen molar-refractivity contribution in [2.45, 2.75) is 65.8 Å². The van der Waals surface area contributed by atoms with E-state index >= 15 is 0 Å². The lowest BCUT2D eigenvalue weighted by Crippen LogP contribution is -2.37. The van der Waals surface area contributed by atoms with Gasteiger partial charge in [-0.05, 0) is 39.5 Å². The molecule has 2 N–H and O–H groups in total. The van der Waals surface area contributed by atoms with E-state index in [4.69, 9.17) is 9.05 Å². The summed E-state index contributed by atoms with van der Waals surface area (Å²) in [5, 5.41) is 14.8. The lowest BCUT2D eigenvalue weighted by Gasteiger charge is -2.10. The molecule has 2 heterocycles. The maximum Gasteiger partial charge on any atom is 0.191 e. The van der Waals surface area contributed by atoms with E-state index in [-0.39, 0.29) is 0 Å². The maximum atomic E-state index is 5.43. The average molecular weight is 361 g/mol. The smallest absolute Gasteiger partial charge is 0.191 e. The zero-order chi connectivity index (χ0) is 18.9. The first-order chi connectivity index (χ1) is 12.6. The van der Waals surface area contributed by atoms with Gasteiger partial charge >= 0.3 is 0 Å². The summed E-state index contributed by atoms with van der Waals surface area (Å²) in [7, 11) is 1.76. The van der Waals surface area contributed by atoms with Crippen molar-refractivity contribution in [3.05, 3.63) is 34.5 Å². The molecule has 0 aromatic carbocycles. The first kappa shape index (κ1) is 20.0. The molecule has 2 aromatic heterocycles. The van der Waals surface area contributed by atoms with Crippen LogP contribution in [0.15, 0.2) is 20.1 Å². The van der Waals surface area contributed by atoms with Gasteiger partial charge in [-0.1, -0.05) is 24.2 Å². The molecule has 0 atom stereocenters. The standard InChI is InChI=1S/C19H31N5O2/c1-6-15(7-2)18-11-16(26-24-18)12-22-19(20-5)21-10-8-9-17-13(3)23-25-14(17)4/h11,15H,6-10,12H2,1-5H3,(H2,20,21,22). The van der Waals surface area contributed by atoms with Crippen LogP contribution < -0.4 is 10.6 Å². The van der Waals surface area contributed by atoms with Crippen molar-refractivity contribution >= 4 is 5.96 Å². The summed E-state index contributed by atoms with van der Waals surface area (Å²) in [5.74, 6) is 2.95. The minimum Gasteiger partial charge on any atom is -0.361 e. The number of nitrogens with zero attached hydrogens (tertiary/aromatic N) is 3. The van der Waals surface area contributed by atoms with Gasteiger partial charge in [0.05, 0.1) is 17.9 Å². The zero-order valence-electron chi connectivity index (χ0n) is 16.6. The van der Waals surface area contributed by atoms with E-state index in [2.05, 4.69) is 39.8 Å². The molecule has 0 unspecified atom stereocenters. The number of aliphatic imine (C=N–C) groups is 1. The predicted octanol–water partition coefficient (Wildman–Crippen LogP) is 3.48. The molecule has 2 rings (SSSR count). The fraction of sp³-hybridized carbons (Fsp3) is 0.632. The fourth-order valence-corrected chi connectivity index (χ4v) is 3.03. The molecular weight excluding hydrogens is 330 g/mol. The number of aromatic nitrogens is 2. The van der Waals surface area contributed by atoms with Gasteiger partial charge < -0.3 is 19.7 Å². The van der Waals surface area contributed by atoms with Crippen molar-refractivity contribution in [3.8, 4) is 0 Å². The van der Waals surface area contributed by atoms with Crippen molar-refractivity contribution in [2.24, 2.45) is 4.99 Å². The molecule has 0 radical (unpaired) electrons. The highest BCUT2D eigenvalue weighted by atomic mass is 16.5. The maximum absolute atomic E-state index is 5.43. The second-order valence-electron chi connectivity index (χ2n) is 6.49. The Hall–Kier alpha value is -2.31. The van der Waals surface area contributed by atoms with Crippen LogP contribution in [0, 0.1) is 13.8 Å². The lowest BCUT2D eigenvalue weighted by molar-refractivity contribution is 0.368. The number of guanidine groups is 1. The third-order valence-corrected chi connectivity index (χ3v) is 4.71. The molecule has 0 aliphatic rings. The third-order valence-electron chi connectivity index (χ3n) is 4.71. The quantitative estimate of drug-likeness (QED) is 0.404. The number of hydrogen-bond acceptors (Lipinski definition) is 5. The fourth-order valence-electron chi connectivity index (χ4n) is 3.03. The largest absolute Gasteiger partial charge is 0.361 e. The van der Waals surface area contributed by atoms with E-state index in [0.29, 0.717) is 12.5 Å². The Balaban J connectivity index is 1.74. The van der Waals surface area contributed by atoms with Crippen molar-refractivity contribution in [3.63, 3.8) is 0 Å². The molecule has 144 valence electrons. The topological polar surface area (TPSA) is 88.5 Å². The highest BCUT2D eigenvalue weighted by Gasteiger charge is 2.13. The molecule has 0 bridgehead atoms. The van der Waals surface area contributed by atoms with Gasteiger partial charge in [0, 0.05) is 31.1 Å². The summed E-state index contributed by atoms with van der Waals surface area (Å²) >= 11 is 0. The van der Waals surface area contributed by atoms with Crippen LogP contribution in [0.1, 0.15) is 67.5 Å². The minimum atomic E-state index is 0.467. The summed E-state index contributed by atoms with van der Waals surface area (Å²) in [6.45, 7) is 9.67. The van der Waals surface area contributed by atoms with Crippen LogP contribution in [0.2, 0.25) is 0 Å². The van der Waals surface area contributed by atoms with E-state index in [9.17, 15) is 0 Å². The van der Waals surface area contributed by atoms with Crippen LogP contribution >= 0.6 is 0 Å². The van der Waals surface area contributed by atoms with Gasteiger partial charge in [0.25, 0.3) is 0 Å². The Morgan fingerprint density at radius 1 is 1.15 bits per heavy atom. The molecular formula is C19H31N5O2. The van der Waals surface area contributed by atoms with Crippen LogP contribution in [0.25, 0.3) is 0 Å².